The molecule has 1 aromatic heterocycles. The van der Waals surface area contributed by atoms with Crippen molar-refractivity contribution in [1.82, 2.24) is 5.32 Å². The summed E-state index contributed by atoms with van der Waals surface area (Å²) in [5.41, 5.74) is -0.415. The molecule has 0 unspecified atom stereocenters. The van der Waals surface area contributed by atoms with E-state index in [-0.39, 0.29) is 12.3 Å². The maximum atomic E-state index is 12.3. The van der Waals surface area contributed by atoms with Gasteiger partial charge in [0.1, 0.15) is 0 Å². The average molecular weight is 338 g/mol. The highest BCUT2D eigenvalue weighted by Crippen LogP contribution is 2.27. The zero-order valence-electron chi connectivity index (χ0n) is 12.3. The van der Waals surface area contributed by atoms with Crippen molar-refractivity contribution in [3.05, 3.63) is 57.2 Å². The maximum absolute atomic E-state index is 12.3. The number of carbonyl (C=O) groups is 2. The molecule has 0 spiro atoms. The van der Waals surface area contributed by atoms with Crippen LogP contribution < -0.4 is 5.32 Å². The van der Waals surface area contributed by atoms with E-state index in [0.717, 1.165) is 10.4 Å². The molecule has 1 aromatic carbocycles. The Morgan fingerprint density at radius 2 is 2.09 bits per heavy atom. The number of nitrogens with one attached hydrogen (secondary N) is 1. The van der Waals surface area contributed by atoms with Crippen LogP contribution in [-0.2, 0) is 26.3 Å². The van der Waals surface area contributed by atoms with Gasteiger partial charge in [-0.15, -0.1) is 11.3 Å². The van der Waals surface area contributed by atoms with Crippen LogP contribution in [0.1, 0.15) is 17.4 Å². The summed E-state index contributed by atoms with van der Waals surface area (Å²) in [4.78, 5) is 25.1. The Hall–Kier alpha value is -1.85. The molecule has 0 bridgehead atoms. The molecule has 0 aliphatic carbocycles. The van der Waals surface area contributed by atoms with Crippen molar-refractivity contribution in [1.29, 1.82) is 0 Å². The van der Waals surface area contributed by atoms with E-state index in [4.69, 9.17) is 16.3 Å². The van der Waals surface area contributed by atoms with Gasteiger partial charge in [-0.2, -0.15) is 0 Å². The van der Waals surface area contributed by atoms with E-state index in [1.165, 1.54) is 18.4 Å². The van der Waals surface area contributed by atoms with E-state index in [0.29, 0.717) is 5.02 Å². The lowest BCUT2D eigenvalue weighted by Crippen LogP contribution is -2.50. The lowest BCUT2D eigenvalue weighted by atomic mass is 9.99. The largest absolute Gasteiger partial charge is 0.467 e. The lowest BCUT2D eigenvalue weighted by Gasteiger charge is -2.27. The predicted octanol–water partition coefficient (Wildman–Crippen LogP) is 3.15. The summed E-state index contributed by atoms with van der Waals surface area (Å²) in [6, 6.07) is 10.7. The smallest absolute Gasteiger partial charge is 0.336 e. The molecule has 1 heterocycles. The van der Waals surface area contributed by atoms with Crippen molar-refractivity contribution in [2.75, 3.05) is 7.11 Å². The number of benzene rings is 1. The fourth-order valence-electron chi connectivity index (χ4n) is 2.14. The van der Waals surface area contributed by atoms with Crippen LogP contribution in [0.5, 0.6) is 0 Å². The van der Waals surface area contributed by atoms with Crippen LogP contribution in [-0.4, -0.2) is 19.0 Å². The molecule has 4 nitrogen and oxygen atoms in total. The van der Waals surface area contributed by atoms with Crippen molar-refractivity contribution in [3.63, 3.8) is 0 Å². The molecule has 22 heavy (non-hydrogen) atoms. The number of hydrogen-bond donors (Lipinski definition) is 1. The number of thiophene rings is 1. The SMILES string of the molecule is COC(=O)[C@](C)(NC(=O)Cc1cccc(Cl)c1)c1cccs1. The van der Waals surface area contributed by atoms with E-state index in [2.05, 4.69) is 5.32 Å². The zero-order valence-corrected chi connectivity index (χ0v) is 13.8. The number of halogens is 1. The lowest BCUT2D eigenvalue weighted by molar-refractivity contribution is -0.150. The standard InChI is InChI=1S/C16H16ClNO3S/c1-16(15(20)21-2,13-7-4-8-22-13)18-14(19)10-11-5-3-6-12(17)9-11/h3-9H,10H2,1-2H3,(H,18,19)/t16-/m1/s1. The second-order valence-corrected chi connectivity index (χ2v) is 6.33. The summed E-state index contributed by atoms with van der Waals surface area (Å²) < 4.78 is 4.84. The Labute approximate surface area is 138 Å². The normalized spacial score (nSPS) is 13.2. The van der Waals surface area contributed by atoms with Crippen LogP contribution in [0, 0.1) is 0 Å². The highest BCUT2D eigenvalue weighted by atomic mass is 35.5. The number of methoxy groups -OCH3 is 1. The van der Waals surface area contributed by atoms with E-state index in [1.807, 2.05) is 17.5 Å². The molecule has 1 N–H and O–H groups in total. The molecule has 0 aliphatic rings. The highest BCUT2D eigenvalue weighted by molar-refractivity contribution is 7.10. The van der Waals surface area contributed by atoms with E-state index in [1.54, 1.807) is 31.2 Å². The summed E-state index contributed by atoms with van der Waals surface area (Å²) in [6.07, 6.45) is 0.137. The van der Waals surface area contributed by atoms with Gasteiger partial charge < -0.3 is 10.1 Å². The Kier molecular flexibility index (Phi) is 5.21. The van der Waals surface area contributed by atoms with Gasteiger partial charge >= 0.3 is 5.97 Å². The molecule has 116 valence electrons. The van der Waals surface area contributed by atoms with Gasteiger partial charge in [-0.1, -0.05) is 29.8 Å². The number of esters is 1. The average Bonchev–Trinajstić information content (AvgIpc) is 3.00. The molecule has 0 aliphatic heterocycles. The van der Waals surface area contributed by atoms with Crippen molar-refractivity contribution < 1.29 is 14.3 Å². The number of hydrogen-bond acceptors (Lipinski definition) is 4. The Morgan fingerprint density at radius 1 is 1.32 bits per heavy atom. The molecular formula is C16H16ClNO3S. The quantitative estimate of drug-likeness (QED) is 0.853. The van der Waals surface area contributed by atoms with E-state index < -0.39 is 11.5 Å². The first-order chi connectivity index (χ1) is 10.5. The Balaban J connectivity index is 2.17. The molecular weight excluding hydrogens is 322 g/mol. The van der Waals surface area contributed by atoms with E-state index >= 15 is 0 Å². The second-order valence-electron chi connectivity index (χ2n) is 4.95. The van der Waals surface area contributed by atoms with Crippen molar-refractivity contribution in [2.45, 2.75) is 18.9 Å². The van der Waals surface area contributed by atoms with Crippen LogP contribution in [0.2, 0.25) is 5.02 Å². The molecule has 0 fully saturated rings. The van der Waals surface area contributed by atoms with Crippen molar-refractivity contribution in [2.24, 2.45) is 0 Å². The van der Waals surface area contributed by atoms with Gasteiger partial charge in [-0.25, -0.2) is 4.79 Å². The first-order valence-corrected chi connectivity index (χ1v) is 7.89. The fourth-order valence-corrected chi connectivity index (χ4v) is 3.18. The van der Waals surface area contributed by atoms with Gasteiger partial charge in [0.2, 0.25) is 5.91 Å². The third kappa shape index (κ3) is 3.67. The first-order valence-electron chi connectivity index (χ1n) is 6.63. The maximum Gasteiger partial charge on any atom is 0.336 e. The minimum absolute atomic E-state index is 0.137. The third-order valence-electron chi connectivity index (χ3n) is 3.25. The highest BCUT2D eigenvalue weighted by Gasteiger charge is 2.38. The fraction of sp³-hybridized carbons (Fsp3) is 0.250. The molecule has 2 rings (SSSR count). The van der Waals surface area contributed by atoms with Gasteiger partial charge in [-0.3, -0.25) is 4.79 Å². The molecule has 0 saturated heterocycles. The Morgan fingerprint density at radius 3 is 2.68 bits per heavy atom. The summed E-state index contributed by atoms with van der Waals surface area (Å²) in [5, 5.41) is 5.18. The number of rotatable bonds is 5. The van der Waals surface area contributed by atoms with Crippen LogP contribution in [0.15, 0.2) is 41.8 Å². The van der Waals surface area contributed by atoms with Gasteiger partial charge in [0.15, 0.2) is 5.54 Å². The van der Waals surface area contributed by atoms with Crippen LogP contribution in [0.4, 0.5) is 0 Å². The topological polar surface area (TPSA) is 55.4 Å². The minimum atomic E-state index is -1.20. The molecule has 2 aromatic rings. The molecule has 6 heteroatoms. The van der Waals surface area contributed by atoms with Crippen LogP contribution in [0.25, 0.3) is 0 Å². The van der Waals surface area contributed by atoms with Crippen LogP contribution in [0.3, 0.4) is 0 Å². The summed E-state index contributed by atoms with van der Waals surface area (Å²) in [7, 11) is 1.30. The number of amides is 1. The second kappa shape index (κ2) is 6.94. The minimum Gasteiger partial charge on any atom is -0.467 e. The first kappa shape index (κ1) is 16.5. The summed E-state index contributed by atoms with van der Waals surface area (Å²) in [5.74, 6) is -0.780. The molecule has 0 saturated carbocycles. The third-order valence-corrected chi connectivity index (χ3v) is 4.58. The number of carbonyl (C=O) groups excluding carboxylic acids is 2. The molecule has 1 atom stereocenters. The zero-order chi connectivity index (χ0) is 16.2. The summed E-state index contributed by atoms with van der Waals surface area (Å²) >= 11 is 7.30. The van der Waals surface area contributed by atoms with Crippen LogP contribution >= 0.6 is 22.9 Å². The predicted molar refractivity (Wildman–Crippen MR) is 87.0 cm³/mol. The van der Waals surface area contributed by atoms with Gasteiger partial charge in [0.05, 0.1) is 13.5 Å². The molecule has 0 radical (unpaired) electrons. The van der Waals surface area contributed by atoms with Crippen molar-refractivity contribution in [3.8, 4) is 0 Å². The van der Waals surface area contributed by atoms with E-state index in [9.17, 15) is 9.59 Å². The monoisotopic (exact) mass is 337 g/mol. The van der Waals surface area contributed by atoms with Gasteiger partial charge in [-0.05, 0) is 36.1 Å². The van der Waals surface area contributed by atoms with Gasteiger partial charge in [0, 0.05) is 9.90 Å². The number of ether oxygens (including phenoxy) is 1. The van der Waals surface area contributed by atoms with Crippen molar-refractivity contribution >= 4 is 34.8 Å². The summed E-state index contributed by atoms with van der Waals surface area (Å²) in [6.45, 7) is 1.64. The van der Waals surface area contributed by atoms with Gasteiger partial charge in [0.25, 0.3) is 0 Å². The Bertz CT molecular complexity index is 672. The molecule has 1 amide bonds.